The predicted molar refractivity (Wildman–Crippen MR) is 136 cm³/mol. The van der Waals surface area contributed by atoms with Crippen LogP contribution in [0.4, 0.5) is 5.69 Å². The Labute approximate surface area is 194 Å². The SMILES string of the molecule is Cc1ccc(-c2cc(-c3ccccc3)c3c(N)c(S(=O)Cc4ccccc4)sc3n2)cc1. The van der Waals surface area contributed by atoms with Crippen molar-refractivity contribution in [2.24, 2.45) is 0 Å². The standard InChI is InChI=1S/C27H22N2OS2/c1-18-12-14-21(15-13-18)23-16-22(20-10-6-3-7-11-20)24-25(28)27(31-26(24)29-23)32(30)17-19-8-4-2-5-9-19/h2-16H,17,28H2,1H3. The van der Waals surface area contributed by atoms with Crippen molar-refractivity contribution < 1.29 is 4.21 Å². The molecule has 3 aromatic carbocycles. The van der Waals surface area contributed by atoms with E-state index in [1.165, 1.54) is 16.9 Å². The van der Waals surface area contributed by atoms with Gasteiger partial charge in [-0.3, -0.25) is 4.21 Å². The van der Waals surface area contributed by atoms with Crippen molar-refractivity contribution in [1.29, 1.82) is 0 Å². The molecule has 0 radical (unpaired) electrons. The zero-order valence-corrected chi connectivity index (χ0v) is 19.2. The van der Waals surface area contributed by atoms with Gasteiger partial charge in [-0.1, -0.05) is 90.5 Å². The van der Waals surface area contributed by atoms with Gasteiger partial charge in [0, 0.05) is 10.9 Å². The van der Waals surface area contributed by atoms with Crippen LogP contribution in [0.1, 0.15) is 11.1 Å². The second-order valence-corrected chi connectivity index (χ2v) is 10.4. The molecule has 0 aliphatic rings. The zero-order valence-electron chi connectivity index (χ0n) is 17.6. The van der Waals surface area contributed by atoms with Crippen LogP contribution < -0.4 is 5.73 Å². The molecule has 0 fully saturated rings. The van der Waals surface area contributed by atoms with Crippen LogP contribution >= 0.6 is 11.3 Å². The van der Waals surface area contributed by atoms with Gasteiger partial charge < -0.3 is 5.73 Å². The van der Waals surface area contributed by atoms with Gasteiger partial charge in [0.05, 0.1) is 27.9 Å². The molecule has 0 bridgehead atoms. The number of aromatic nitrogens is 1. The molecule has 0 saturated carbocycles. The third kappa shape index (κ3) is 3.97. The topological polar surface area (TPSA) is 56.0 Å². The molecule has 5 aromatic rings. The molecule has 0 aliphatic heterocycles. The Morgan fingerprint density at radius 2 is 1.53 bits per heavy atom. The first-order chi connectivity index (χ1) is 15.6. The number of hydrogen-bond donors (Lipinski definition) is 1. The van der Waals surface area contributed by atoms with E-state index in [1.807, 2.05) is 48.5 Å². The Morgan fingerprint density at radius 3 is 2.22 bits per heavy atom. The van der Waals surface area contributed by atoms with Gasteiger partial charge in [-0.2, -0.15) is 0 Å². The van der Waals surface area contributed by atoms with Gasteiger partial charge in [-0.05, 0) is 29.7 Å². The van der Waals surface area contributed by atoms with Crippen LogP contribution in [0.2, 0.25) is 0 Å². The first-order valence-corrected chi connectivity index (χ1v) is 12.5. The molecule has 2 N–H and O–H groups in total. The minimum Gasteiger partial charge on any atom is -0.396 e. The van der Waals surface area contributed by atoms with E-state index in [-0.39, 0.29) is 0 Å². The maximum Gasteiger partial charge on any atom is 0.127 e. The van der Waals surface area contributed by atoms with Crippen LogP contribution in [0, 0.1) is 6.92 Å². The average molecular weight is 455 g/mol. The Bertz CT molecular complexity index is 1410. The minimum atomic E-state index is -1.24. The second-order valence-electron chi connectivity index (χ2n) is 7.75. The highest BCUT2D eigenvalue weighted by Crippen LogP contribution is 2.43. The molecule has 5 rings (SSSR count). The second kappa shape index (κ2) is 8.69. The van der Waals surface area contributed by atoms with Gasteiger partial charge in [-0.25, -0.2) is 4.98 Å². The Hall–Kier alpha value is -3.28. The van der Waals surface area contributed by atoms with Crippen molar-refractivity contribution in [3.05, 3.63) is 102 Å². The molecule has 158 valence electrons. The molecule has 0 aliphatic carbocycles. The van der Waals surface area contributed by atoms with Crippen LogP contribution in [0.25, 0.3) is 32.6 Å². The van der Waals surface area contributed by atoms with E-state index in [1.54, 1.807) is 0 Å². The van der Waals surface area contributed by atoms with Crippen molar-refractivity contribution in [3.63, 3.8) is 0 Å². The van der Waals surface area contributed by atoms with Crippen molar-refractivity contribution >= 4 is 38.0 Å². The van der Waals surface area contributed by atoms with Crippen molar-refractivity contribution in [1.82, 2.24) is 4.98 Å². The zero-order chi connectivity index (χ0) is 22.1. The van der Waals surface area contributed by atoms with E-state index in [2.05, 4.69) is 49.4 Å². The summed E-state index contributed by atoms with van der Waals surface area (Å²) < 4.78 is 13.9. The molecule has 32 heavy (non-hydrogen) atoms. The smallest absolute Gasteiger partial charge is 0.127 e. The summed E-state index contributed by atoms with van der Waals surface area (Å²) in [5.74, 6) is 0.434. The van der Waals surface area contributed by atoms with Gasteiger partial charge in [0.2, 0.25) is 0 Å². The molecule has 1 unspecified atom stereocenters. The molecule has 0 spiro atoms. The Morgan fingerprint density at radius 1 is 0.875 bits per heavy atom. The molecular formula is C27H22N2OS2. The fourth-order valence-corrected chi connectivity index (χ4v) is 6.39. The van der Waals surface area contributed by atoms with E-state index >= 15 is 0 Å². The van der Waals surface area contributed by atoms with Gasteiger partial charge in [0.1, 0.15) is 9.04 Å². The van der Waals surface area contributed by atoms with E-state index < -0.39 is 10.8 Å². The number of anilines is 1. The normalized spacial score (nSPS) is 12.2. The van der Waals surface area contributed by atoms with E-state index in [4.69, 9.17) is 10.7 Å². The highest BCUT2D eigenvalue weighted by atomic mass is 32.2. The molecule has 5 heteroatoms. The number of pyridine rings is 1. The number of nitrogens with zero attached hydrogens (tertiary/aromatic N) is 1. The number of nitrogen functional groups attached to an aromatic ring is 1. The lowest BCUT2D eigenvalue weighted by atomic mass is 10.00. The fourth-order valence-electron chi connectivity index (χ4n) is 3.78. The molecule has 2 heterocycles. The summed E-state index contributed by atoms with van der Waals surface area (Å²) in [4.78, 5) is 5.75. The largest absolute Gasteiger partial charge is 0.396 e. The number of thiophene rings is 1. The number of rotatable bonds is 5. The highest BCUT2D eigenvalue weighted by molar-refractivity contribution is 7.87. The number of nitrogens with two attached hydrogens (primary N) is 1. The molecule has 0 saturated heterocycles. The number of aryl methyl sites for hydroxylation is 1. The maximum atomic E-state index is 13.3. The first-order valence-electron chi connectivity index (χ1n) is 10.4. The lowest BCUT2D eigenvalue weighted by Crippen LogP contribution is -1.98. The van der Waals surface area contributed by atoms with E-state index in [9.17, 15) is 4.21 Å². The summed E-state index contributed by atoms with van der Waals surface area (Å²) in [6.07, 6.45) is 0. The molecule has 1 atom stereocenters. The van der Waals surface area contributed by atoms with Gasteiger partial charge >= 0.3 is 0 Å². The van der Waals surface area contributed by atoms with Crippen molar-refractivity contribution in [2.45, 2.75) is 16.9 Å². The molecule has 0 amide bonds. The third-order valence-electron chi connectivity index (χ3n) is 5.44. The van der Waals surface area contributed by atoms with E-state index in [0.29, 0.717) is 15.6 Å². The number of fused-ring (bicyclic) bond motifs is 1. The van der Waals surface area contributed by atoms with Crippen LogP contribution in [0.5, 0.6) is 0 Å². The average Bonchev–Trinajstić information content (AvgIpc) is 3.17. The van der Waals surface area contributed by atoms with Crippen molar-refractivity contribution in [3.8, 4) is 22.4 Å². The predicted octanol–water partition coefficient (Wildman–Crippen LogP) is 6.83. The molecule has 2 aromatic heterocycles. The first kappa shape index (κ1) is 20.6. The van der Waals surface area contributed by atoms with Crippen LogP contribution in [-0.4, -0.2) is 9.19 Å². The van der Waals surface area contributed by atoms with Crippen LogP contribution in [-0.2, 0) is 16.6 Å². The van der Waals surface area contributed by atoms with Gasteiger partial charge in [-0.15, -0.1) is 11.3 Å². The summed E-state index contributed by atoms with van der Waals surface area (Å²) in [6, 6.07) is 30.5. The Balaban J connectivity index is 1.68. The lowest BCUT2D eigenvalue weighted by molar-refractivity contribution is 0.684. The van der Waals surface area contributed by atoms with E-state index in [0.717, 1.165) is 38.2 Å². The van der Waals surface area contributed by atoms with Crippen LogP contribution in [0.3, 0.4) is 0 Å². The number of hydrogen-bond acceptors (Lipinski definition) is 4. The summed E-state index contributed by atoms with van der Waals surface area (Å²) >= 11 is 1.44. The summed E-state index contributed by atoms with van der Waals surface area (Å²) in [7, 11) is -1.24. The maximum absolute atomic E-state index is 13.3. The molecular weight excluding hydrogens is 432 g/mol. The quantitative estimate of drug-likeness (QED) is 0.317. The van der Waals surface area contributed by atoms with Crippen LogP contribution in [0.15, 0.2) is 95.2 Å². The summed E-state index contributed by atoms with van der Waals surface area (Å²) in [5.41, 5.74) is 13.4. The minimum absolute atomic E-state index is 0.434. The Kier molecular flexibility index (Phi) is 5.60. The number of benzene rings is 3. The summed E-state index contributed by atoms with van der Waals surface area (Å²) in [5, 5.41) is 0.883. The van der Waals surface area contributed by atoms with Crippen molar-refractivity contribution in [2.75, 3.05) is 5.73 Å². The molecule has 3 nitrogen and oxygen atoms in total. The fraction of sp³-hybridized carbons (Fsp3) is 0.0741. The third-order valence-corrected chi connectivity index (χ3v) is 8.38. The van der Waals surface area contributed by atoms with Gasteiger partial charge in [0.25, 0.3) is 0 Å². The highest BCUT2D eigenvalue weighted by Gasteiger charge is 2.21. The lowest BCUT2D eigenvalue weighted by Gasteiger charge is -2.09. The monoisotopic (exact) mass is 454 g/mol. The van der Waals surface area contributed by atoms with Gasteiger partial charge in [0.15, 0.2) is 0 Å². The summed E-state index contributed by atoms with van der Waals surface area (Å²) in [6.45, 7) is 2.07.